The number of carbonyl (C=O) groups is 1. The van der Waals surface area contributed by atoms with Gasteiger partial charge in [-0.2, -0.15) is 0 Å². The minimum Gasteiger partial charge on any atom is -0.469 e. The highest BCUT2D eigenvalue weighted by molar-refractivity contribution is 5.77. The summed E-state index contributed by atoms with van der Waals surface area (Å²) in [4.78, 5) is 11.6. The van der Waals surface area contributed by atoms with Gasteiger partial charge in [-0.15, -0.1) is 0 Å². The maximum atomic E-state index is 13.9. The minimum absolute atomic E-state index is 0.0402. The van der Waals surface area contributed by atoms with E-state index in [0.29, 0.717) is 19.3 Å². The van der Waals surface area contributed by atoms with E-state index in [4.69, 9.17) is 4.74 Å². The van der Waals surface area contributed by atoms with E-state index in [1.807, 2.05) is 6.92 Å². The molecule has 0 saturated heterocycles. The lowest BCUT2D eigenvalue weighted by atomic mass is 9.94. The molecule has 0 bridgehead atoms. The molecule has 1 aliphatic rings. The van der Waals surface area contributed by atoms with E-state index in [9.17, 15) is 13.6 Å². The molecular weight excluding hydrogens is 250 g/mol. The van der Waals surface area contributed by atoms with Gasteiger partial charge < -0.3 is 4.74 Å². The summed E-state index contributed by atoms with van der Waals surface area (Å²) in [5, 5.41) is 0. The van der Waals surface area contributed by atoms with Crippen LogP contribution in [0.5, 0.6) is 0 Å². The van der Waals surface area contributed by atoms with E-state index < -0.39 is 11.8 Å². The van der Waals surface area contributed by atoms with E-state index in [0.717, 1.165) is 5.56 Å². The number of hydrogen-bond acceptors (Lipinski definition) is 2. The second-order valence-electron chi connectivity index (χ2n) is 5.00. The molecule has 0 aliphatic heterocycles. The lowest BCUT2D eigenvalue weighted by Gasteiger charge is -2.18. The lowest BCUT2D eigenvalue weighted by molar-refractivity contribution is -0.142. The number of alkyl halides is 2. The third-order valence-corrected chi connectivity index (χ3v) is 3.68. The Kier molecular flexibility index (Phi) is 3.88. The molecule has 2 nitrogen and oxygen atoms in total. The van der Waals surface area contributed by atoms with E-state index in [2.05, 4.69) is 0 Å². The number of esters is 1. The Balaban J connectivity index is 2.20. The highest BCUT2D eigenvalue weighted by Crippen LogP contribution is 2.49. The Bertz CT molecular complexity index is 450. The first-order valence-corrected chi connectivity index (χ1v) is 6.56. The number of carbonyl (C=O) groups excluding carboxylic acids is 1. The molecule has 0 N–H and O–H groups in total. The predicted molar refractivity (Wildman–Crippen MR) is 68.1 cm³/mol. The molecule has 1 unspecified atom stereocenters. The summed E-state index contributed by atoms with van der Waals surface area (Å²) in [6, 6.07) is 6.08. The Morgan fingerprint density at radius 1 is 1.37 bits per heavy atom. The molecular formula is C15H18F2O2. The monoisotopic (exact) mass is 268 g/mol. The van der Waals surface area contributed by atoms with Crippen LogP contribution < -0.4 is 0 Å². The molecule has 19 heavy (non-hydrogen) atoms. The number of ether oxygens (including phenoxy) is 1. The Hall–Kier alpha value is -1.45. The van der Waals surface area contributed by atoms with Crippen LogP contribution in [0, 0.1) is 5.92 Å². The molecule has 0 spiro atoms. The average Bonchev–Trinajstić information content (AvgIpc) is 3.24. The summed E-state index contributed by atoms with van der Waals surface area (Å²) < 4.78 is 32.5. The normalized spacial score (nSPS) is 17.1. The van der Waals surface area contributed by atoms with Crippen molar-refractivity contribution in [3.05, 3.63) is 35.4 Å². The van der Waals surface area contributed by atoms with Gasteiger partial charge in [-0.25, -0.2) is 8.78 Å². The fraction of sp³-hybridized carbons (Fsp3) is 0.533. The SMILES string of the molecule is CCC(C(=O)OC)c1ccc(C(F)(F)C2CC2)cc1. The smallest absolute Gasteiger partial charge is 0.313 e. The van der Waals surface area contributed by atoms with Crippen molar-refractivity contribution in [1.29, 1.82) is 0 Å². The predicted octanol–water partition coefficient (Wildman–Crippen LogP) is 3.86. The minimum atomic E-state index is -2.74. The van der Waals surface area contributed by atoms with Gasteiger partial charge in [0.15, 0.2) is 0 Å². The molecule has 104 valence electrons. The first-order valence-electron chi connectivity index (χ1n) is 6.56. The van der Waals surface area contributed by atoms with Crippen molar-refractivity contribution in [3.63, 3.8) is 0 Å². The van der Waals surface area contributed by atoms with Crippen molar-refractivity contribution < 1.29 is 18.3 Å². The Morgan fingerprint density at radius 3 is 2.37 bits per heavy atom. The molecule has 1 aliphatic carbocycles. The van der Waals surface area contributed by atoms with Gasteiger partial charge in [0, 0.05) is 11.5 Å². The standard InChI is InChI=1S/C15H18F2O2/c1-3-13(14(18)19-2)10-4-6-11(7-5-10)15(16,17)12-8-9-12/h4-7,12-13H,3,8-9H2,1-2H3. The summed E-state index contributed by atoms with van der Waals surface area (Å²) in [5.74, 6) is -3.97. The van der Waals surface area contributed by atoms with Crippen molar-refractivity contribution in [2.45, 2.75) is 38.0 Å². The first-order chi connectivity index (χ1) is 9.00. The van der Waals surface area contributed by atoms with E-state index in [-0.39, 0.29) is 17.5 Å². The molecule has 4 heteroatoms. The van der Waals surface area contributed by atoms with Crippen LogP contribution in [0.2, 0.25) is 0 Å². The summed E-state index contributed by atoms with van der Waals surface area (Å²) in [6.45, 7) is 1.87. The summed E-state index contributed by atoms with van der Waals surface area (Å²) in [7, 11) is 1.33. The zero-order valence-corrected chi connectivity index (χ0v) is 11.2. The van der Waals surface area contributed by atoms with Crippen molar-refractivity contribution in [2.24, 2.45) is 5.92 Å². The number of rotatable bonds is 5. The van der Waals surface area contributed by atoms with Gasteiger partial charge in [0.2, 0.25) is 0 Å². The van der Waals surface area contributed by atoms with Gasteiger partial charge >= 0.3 is 5.97 Å². The topological polar surface area (TPSA) is 26.3 Å². The summed E-state index contributed by atoms with van der Waals surface area (Å²) in [6.07, 6.45) is 1.77. The lowest BCUT2D eigenvalue weighted by Crippen LogP contribution is -2.17. The van der Waals surface area contributed by atoms with E-state index in [1.54, 1.807) is 12.1 Å². The zero-order valence-electron chi connectivity index (χ0n) is 11.2. The third kappa shape index (κ3) is 2.77. The fourth-order valence-electron chi connectivity index (χ4n) is 2.30. The van der Waals surface area contributed by atoms with Gasteiger partial charge in [0.05, 0.1) is 13.0 Å². The number of halogens is 2. The maximum Gasteiger partial charge on any atom is 0.313 e. The van der Waals surface area contributed by atoms with Crippen LogP contribution in [0.15, 0.2) is 24.3 Å². The highest BCUT2D eigenvalue weighted by Gasteiger charge is 2.47. The maximum absolute atomic E-state index is 13.9. The molecule has 0 heterocycles. The van der Waals surface area contributed by atoms with Gasteiger partial charge in [-0.05, 0) is 24.8 Å². The molecule has 0 aromatic heterocycles. The molecule has 1 fully saturated rings. The van der Waals surface area contributed by atoms with E-state index >= 15 is 0 Å². The number of methoxy groups -OCH3 is 1. The van der Waals surface area contributed by atoms with Crippen LogP contribution in [0.4, 0.5) is 8.78 Å². The van der Waals surface area contributed by atoms with Crippen molar-refractivity contribution in [2.75, 3.05) is 7.11 Å². The highest BCUT2D eigenvalue weighted by atomic mass is 19.3. The number of benzene rings is 1. The molecule has 0 radical (unpaired) electrons. The Morgan fingerprint density at radius 2 is 1.95 bits per heavy atom. The van der Waals surface area contributed by atoms with Gasteiger partial charge in [-0.3, -0.25) is 4.79 Å². The van der Waals surface area contributed by atoms with Crippen molar-refractivity contribution in [1.82, 2.24) is 0 Å². The second kappa shape index (κ2) is 5.27. The van der Waals surface area contributed by atoms with Gasteiger partial charge in [0.1, 0.15) is 0 Å². The third-order valence-electron chi connectivity index (χ3n) is 3.68. The van der Waals surface area contributed by atoms with Crippen LogP contribution in [-0.4, -0.2) is 13.1 Å². The average molecular weight is 268 g/mol. The fourth-order valence-corrected chi connectivity index (χ4v) is 2.30. The Labute approximate surface area is 111 Å². The van der Waals surface area contributed by atoms with Crippen molar-refractivity contribution >= 4 is 5.97 Å². The van der Waals surface area contributed by atoms with Crippen LogP contribution in [0.1, 0.15) is 43.2 Å². The quantitative estimate of drug-likeness (QED) is 0.758. The summed E-state index contributed by atoms with van der Waals surface area (Å²) in [5.41, 5.74) is 0.767. The first kappa shape index (κ1) is 14.0. The van der Waals surface area contributed by atoms with Crippen LogP contribution in [0.25, 0.3) is 0 Å². The zero-order chi connectivity index (χ0) is 14.0. The van der Waals surface area contributed by atoms with Gasteiger partial charge in [-0.1, -0.05) is 31.2 Å². The van der Waals surface area contributed by atoms with Crippen LogP contribution in [-0.2, 0) is 15.5 Å². The van der Waals surface area contributed by atoms with Crippen molar-refractivity contribution in [3.8, 4) is 0 Å². The second-order valence-corrected chi connectivity index (χ2v) is 5.00. The van der Waals surface area contributed by atoms with Gasteiger partial charge in [0.25, 0.3) is 5.92 Å². The molecule has 1 aromatic rings. The van der Waals surface area contributed by atoms with E-state index in [1.165, 1.54) is 19.2 Å². The largest absolute Gasteiger partial charge is 0.469 e. The number of hydrogen-bond donors (Lipinski definition) is 0. The molecule has 1 atom stereocenters. The molecule has 1 saturated carbocycles. The summed E-state index contributed by atoms with van der Waals surface area (Å²) >= 11 is 0. The molecule has 0 amide bonds. The van der Waals surface area contributed by atoms with Crippen LogP contribution >= 0.6 is 0 Å². The van der Waals surface area contributed by atoms with Crippen LogP contribution in [0.3, 0.4) is 0 Å². The molecule has 2 rings (SSSR count). The molecule has 1 aromatic carbocycles.